The second-order valence-corrected chi connectivity index (χ2v) is 3.81. The van der Waals surface area contributed by atoms with Crippen LogP contribution in [0.5, 0.6) is 5.75 Å². The maximum Gasteiger partial charge on any atom is 0.122 e. The third-order valence-corrected chi connectivity index (χ3v) is 2.60. The lowest BCUT2D eigenvalue weighted by molar-refractivity contribution is 0.411. The second kappa shape index (κ2) is 4.99. The predicted molar refractivity (Wildman–Crippen MR) is 64.2 cm³/mol. The van der Waals surface area contributed by atoms with E-state index < -0.39 is 0 Å². The highest BCUT2D eigenvalue weighted by Crippen LogP contribution is 2.26. The smallest absolute Gasteiger partial charge is 0.122 e. The van der Waals surface area contributed by atoms with E-state index in [1.165, 1.54) is 11.1 Å². The molecule has 0 aromatic heterocycles. The summed E-state index contributed by atoms with van der Waals surface area (Å²) in [5, 5.41) is 0. The number of methoxy groups -OCH3 is 1. The van der Waals surface area contributed by atoms with Gasteiger partial charge in [0.15, 0.2) is 0 Å². The van der Waals surface area contributed by atoms with Crippen LogP contribution in [-0.2, 0) is 0 Å². The van der Waals surface area contributed by atoms with Crippen molar-refractivity contribution in [3.05, 3.63) is 41.5 Å². The van der Waals surface area contributed by atoms with Crippen LogP contribution >= 0.6 is 0 Å². The standard InChI is InChI=1S/C13H19NO/c1-5-6-12(14)11-7-10(3)13(15-4)8-9(11)2/h5,7-8,12H,1,6,14H2,2-4H3. The van der Waals surface area contributed by atoms with Crippen LogP contribution < -0.4 is 10.5 Å². The number of benzene rings is 1. The van der Waals surface area contributed by atoms with Crippen molar-refractivity contribution < 1.29 is 4.74 Å². The van der Waals surface area contributed by atoms with Gasteiger partial charge in [0.2, 0.25) is 0 Å². The van der Waals surface area contributed by atoms with Crippen LogP contribution in [0.25, 0.3) is 0 Å². The van der Waals surface area contributed by atoms with Gasteiger partial charge in [0.25, 0.3) is 0 Å². The summed E-state index contributed by atoms with van der Waals surface area (Å²) in [6.45, 7) is 7.79. The third-order valence-electron chi connectivity index (χ3n) is 2.60. The van der Waals surface area contributed by atoms with Gasteiger partial charge in [-0.2, -0.15) is 0 Å². The minimum Gasteiger partial charge on any atom is -0.496 e. The summed E-state index contributed by atoms with van der Waals surface area (Å²) < 4.78 is 5.26. The maximum absolute atomic E-state index is 6.05. The highest BCUT2D eigenvalue weighted by Gasteiger charge is 2.10. The molecule has 0 aliphatic rings. The van der Waals surface area contributed by atoms with E-state index >= 15 is 0 Å². The summed E-state index contributed by atoms with van der Waals surface area (Å²) in [6.07, 6.45) is 2.65. The molecule has 0 radical (unpaired) electrons. The van der Waals surface area contributed by atoms with E-state index in [9.17, 15) is 0 Å². The van der Waals surface area contributed by atoms with Crippen LogP contribution in [0.4, 0.5) is 0 Å². The van der Waals surface area contributed by atoms with Crippen molar-refractivity contribution in [3.63, 3.8) is 0 Å². The van der Waals surface area contributed by atoms with Gasteiger partial charge in [-0.3, -0.25) is 0 Å². The Balaban J connectivity index is 3.09. The highest BCUT2D eigenvalue weighted by molar-refractivity contribution is 5.42. The van der Waals surface area contributed by atoms with Gasteiger partial charge in [-0.15, -0.1) is 6.58 Å². The molecule has 1 aromatic rings. The van der Waals surface area contributed by atoms with Gasteiger partial charge in [0.1, 0.15) is 5.75 Å². The fraction of sp³-hybridized carbons (Fsp3) is 0.385. The Hall–Kier alpha value is -1.28. The molecule has 0 amide bonds. The van der Waals surface area contributed by atoms with Gasteiger partial charge < -0.3 is 10.5 Å². The van der Waals surface area contributed by atoms with Gasteiger partial charge in [0.05, 0.1) is 7.11 Å². The van der Waals surface area contributed by atoms with Crippen molar-refractivity contribution in [2.75, 3.05) is 7.11 Å². The predicted octanol–water partition coefficient (Wildman–Crippen LogP) is 2.89. The molecule has 0 spiro atoms. The molecule has 1 atom stereocenters. The molecule has 1 rings (SSSR count). The van der Waals surface area contributed by atoms with Crippen molar-refractivity contribution in [2.24, 2.45) is 5.73 Å². The lowest BCUT2D eigenvalue weighted by atomic mass is 9.97. The van der Waals surface area contributed by atoms with E-state index in [0.717, 1.165) is 17.7 Å². The van der Waals surface area contributed by atoms with E-state index in [4.69, 9.17) is 10.5 Å². The fourth-order valence-electron chi connectivity index (χ4n) is 1.74. The highest BCUT2D eigenvalue weighted by atomic mass is 16.5. The van der Waals surface area contributed by atoms with Crippen LogP contribution in [0.3, 0.4) is 0 Å². The average molecular weight is 205 g/mol. The molecule has 1 unspecified atom stereocenters. The first-order chi connectivity index (χ1) is 7.10. The van der Waals surface area contributed by atoms with Crippen LogP contribution in [-0.4, -0.2) is 7.11 Å². The first-order valence-electron chi connectivity index (χ1n) is 5.11. The first-order valence-corrected chi connectivity index (χ1v) is 5.11. The van der Waals surface area contributed by atoms with E-state index in [0.29, 0.717) is 0 Å². The minimum atomic E-state index is 0.0344. The Kier molecular flexibility index (Phi) is 3.92. The van der Waals surface area contributed by atoms with E-state index in [1.807, 2.05) is 19.1 Å². The molecule has 2 N–H and O–H groups in total. The zero-order chi connectivity index (χ0) is 11.4. The minimum absolute atomic E-state index is 0.0344. The van der Waals surface area contributed by atoms with Crippen molar-refractivity contribution in [2.45, 2.75) is 26.3 Å². The summed E-state index contributed by atoms with van der Waals surface area (Å²) >= 11 is 0. The molecule has 0 saturated heterocycles. The van der Waals surface area contributed by atoms with Crippen LogP contribution in [0.15, 0.2) is 24.8 Å². The van der Waals surface area contributed by atoms with Gasteiger partial charge in [0, 0.05) is 6.04 Å². The Morgan fingerprint density at radius 1 is 1.40 bits per heavy atom. The first kappa shape index (κ1) is 11.8. The number of ether oxygens (including phenoxy) is 1. The summed E-state index contributed by atoms with van der Waals surface area (Å²) in [4.78, 5) is 0. The van der Waals surface area contributed by atoms with Crippen LogP contribution in [0, 0.1) is 13.8 Å². The van der Waals surface area contributed by atoms with E-state index in [2.05, 4.69) is 19.6 Å². The van der Waals surface area contributed by atoms with Crippen LogP contribution in [0.1, 0.15) is 29.2 Å². The molecular weight excluding hydrogens is 186 g/mol. The SMILES string of the molecule is C=CCC(N)c1cc(C)c(OC)cc1C. The summed E-state index contributed by atoms with van der Waals surface area (Å²) in [6, 6.07) is 4.17. The molecule has 0 saturated carbocycles. The topological polar surface area (TPSA) is 35.2 Å². The molecule has 2 nitrogen and oxygen atoms in total. The number of hydrogen-bond donors (Lipinski definition) is 1. The second-order valence-electron chi connectivity index (χ2n) is 3.81. The van der Waals surface area contributed by atoms with E-state index in [1.54, 1.807) is 7.11 Å². The quantitative estimate of drug-likeness (QED) is 0.767. The molecule has 0 heterocycles. The monoisotopic (exact) mass is 205 g/mol. The Bertz CT molecular complexity index is 358. The molecule has 2 heteroatoms. The maximum atomic E-state index is 6.05. The summed E-state index contributed by atoms with van der Waals surface area (Å²) in [7, 11) is 1.69. The average Bonchev–Trinajstić information content (AvgIpc) is 2.21. The van der Waals surface area contributed by atoms with Gasteiger partial charge in [-0.25, -0.2) is 0 Å². The Morgan fingerprint density at radius 2 is 2.07 bits per heavy atom. The fourth-order valence-corrected chi connectivity index (χ4v) is 1.74. The molecule has 0 bridgehead atoms. The normalized spacial score (nSPS) is 12.3. The number of hydrogen-bond acceptors (Lipinski definition) is 2. The van der Waals surface area contributed by atoms with Crippen molar-refractivity contribution >= 4 is 0 Å². The number of nitrogens with two attached hydrogens (primary N) is 1. The molecule has 0 aliphatic carbocycles. The summed E-state index contributed by atoms with van der Waals surface area (Å²) in [5.74, 6) is 0.919. The van der Waals surface area contributed by atoms with Gasteiger partial charge >= 0.3 is 0 Å². The molecule has 1 aromatic carbocycles. The molecule has 82 valence electrons. The lowest BCUT2D eigenvalue weighted by Gasteiger charge is -2.15. The zero-order valence-electron chi connectivity index (χ0n) is 9.71. The van der Waals surface area contributed by atoms with Gasteiger partial charge in [-0.05, 0) is 43.0 Å². The Morgan fingerprint density at radius 3 is 2.60 bits per heavy atom. The molecule has 0 aliphatic heterocycles. The van der Waals surface area contributed by atoms with Crippen molar-refractivity contribution in [1.82, 2.24) is 0 Å². The molecular formula is C13H19NO. The van der Waals surface area contributed by atoms with Crippen molar-refractivity contribution in [1.29, 1.82) is 0 Å². The van der Waals surface area contributed by atoms with E-state index in [-0.39, 0.29) is 6.04 Å². The lowest BCUT2D eigenvalue weighted by Crippen LogP contribution is -2.11. The Labute approximate surface area is 91.7 Å². The largest absolute Gasteiger partial charge is 0.496 e. The van der Waals surface area contributed by atoms with Crippen LogP contribution in [0.2, 0.25) is 0 Å². The van der Waals surface area contributed by atoms with Gasteiger partial charge in [-0.1, -0.05) is 12.1 Å². The molecule has 0 fully saturated rings. The molecule has 15 heavy (non-hydrogen) atoms. The van der Waals surface area contributed by atoms with Crippen molar-refractivity contribution in [3.8, 4) is 5.75 Å². The third kappa shape index (κ3) is 2.60. The number of aryl methyl sites for hydroxylation is 2. The number of rotatable bonds is 4. The zero-order valence-corrected chi connectivity index (χ0v) is 9.71. The summed E-state index contributed by atoms with van der Waals surface area (Å²) in [5.41, 5.74) is 9.52.